The number of carbonyl (C=O) groups excluding carboxylic acids is 1. The van der Waals surface area contributed by atoms with Crippen LogP contribution >= 0.6 is 0 Å². The molecule has 1 aromatic rings. The lowest BCUT2D eigenvalue weighted by atomic mass is 9.66. The molecule has 4 bridgehead atoms. The Labute approximate surface area is 129 Å². The zero-order chi connectivity index (χ0) is 15.6. The van der Waals surface area contributed by atoms with Crippen LogP contribution in [0.5, 0.6) is 5.88 Å². The average molecular weight is 297 g/mol. The van der Waals surface area contributed by atoms with Crippen LogP contribution in [0.1, 0.15) is 31.0 Å². The van der Waals surface area contributed by atoms with Gasteiger partial charge in [-0.25, -0.2) is 4.98 Å². The van der Waals surface area contributed by atoms with Gasteiger partial charge in [-0.05, 0) is 25.0 Å². The lowest BCUT2D eigenvalue weighted by Crippen LogP contribution is -2.42. The molecule has 1 saturated carbocycles. The van der Waals surface area contributed by atoms with Crippen molar-refractivity contribution in [2.24, 2.45) is 11.8 Å². The van der Waals surface area contributed by atoms with E-state index in [1.165, 1.54) is 18.3 Å². The number of allylic oxidation sites excluding steroid dienone is 3. The highest BCUT2D eigenvalue weighted by molar-refractivity contribution is 5.93. The molecule has 1 aromatic heterocycles. The van der Waals surface area contributed by atoms with E-state index in [4.69, 9.17) is 9.47 Å². The van der Waals surface area contributed by atoms with Gasteiger partial charge < -0.3 is 9.47 Å². The predicted molar refractivity (Wildman–Crippen MR) is 81.7 cm³/mol. The molecule has 4 nitrogen and oxygen atoms in total. The van der Waals surface area contributed by atoms with Crippen molar-refractivity contribution >= 4 is 5.97 Å². The molecule has 0 N–H and O–H groups in total. The maximum Gasteiger partial charge on any atom is 0.321 e. The minimum Gasteiger partial charge on any atom is -0.481 e. The van der Waals surface area contributed by atoms with Crippen molar-refractivity contribution in [3.63, 3.8) is 0 Å². The Balaban J connectivity index is 2.05. The molecule has 0 radical (unpaired) electrons. The highest BCUT2D eigenvalue weighted by Gasteiger charge is 2.71. The number of rotatable bonds is 2. The van der Waals surface area contributed by atoms with E-state index >= 15 is 0 Å². The van der Waals surface area contributed by atoms with E-state index in [9.17, 15) is 4.79 Å². The SMILES string of the molecule is C/C=C1\[C@H]2C=C(C)C3C2c2nc(OC)ccc2[C@]13C(=O)OC. The van der Waals surface area contributed by atoms with E-state index in [2.05, 4.69) is 24.1 Å². The molecule has 0 spiro atoms. The van der Waals surface area contributed by atoms with Gasteiger partial charge in [0.2, 0.25) is 5.88 Å². The standard InChI is InChI=1S/C18H19NO3/c1-5-11-10-8-9(2)15-14(10)16-12(6-7-13(19-16)21-3)18(11,15)17(20)22-4/h5-8,10,14-15H,1-4H3/b11-5+/t10-,14?,15?,18-/m1/s1. The number of hydrogen-bond donors (Lipinski definition) is 0. The average Bonchev–Trinajstić information content (AvgIpc) is 3.13. The second-order valence-corrected chi connectivity index (χ2v) is 6.27. The van der Waals surface area contributed by atoms with E-state index in [1.54, 1.807) is 7.11 Å². The van der Waals surface area contributed by atoms with Gasteiger partial charge in [0.05, 0.1) is 19.9 Å². The first-order chi connectivity index (χ1) is 10.6. The molecule has 0 saturated heterocycles. The fraction of sp³-hybridized carbons (Fsp3) is 0.444. The quantitative estimate of drug-likeness (QED) is 0.622. The molecule has 0 amide bonds. The summed E-state index contributed by atoms with van der Waals surface area (Å²) >= 11 is 0. The molecule has 4 rings (SSSR count). The molecule has 1 heterocycles. The van der Waals surface area contributed by atoms with E-state index in [-0.39, 0.29) is 23.7 Å². The molecule has 22 heavy (non-hydrogen) atoms. The number of nitrogens with zero attached hydrogens (tertiary/aromatic N) is 1. The van der Waals surface area contributed by atoms with Gasteiger partial charge in [-0.1, -0.05) is 23.8 Å². The second kappa shape index (κ2) is 4.22. The van der Waals surface area contributed by atoms with Gasteiger partial charge in [0.1, 0.15) is 5.41 Å². The maximum atomic E-state index is 12.9. The van der Waals surface area contributed by atoms with Crippen LogP contribution in [-0.2, 0) is 14.9 Å². The number of ether oxygens (including phenoxy) is 2. The first-order valence-corrected chi connectivity index (χ1v) is 7.60. The number of esters is 1. The number of pyridine rings is 1. The first-order valence-electron chi connectivity index (χ1n) is 7.60. The van der Waals surface area contributed by atoms with Crippen molar-refractivity contribution in [2.45, 2.75) is 25.2 Å². The normalized spacial score (nSPS) is 35.5. The van der Waals surface area contributed by atoms with E-state index < -0.39 is 5.41 Å². The third kappa shape index (κ3) is 1.21. The van der Waals surface area contributed by atoms with Gasteiger partial charge in [-0.2, -0.15) is 0 Å². The number of aromatic nitrogens is 1. The molecule has 3 aliphatic rings. The highest BCUT2D eigenvalue weighted by Crippen LogP contribution is 2.71. The molecule has 1 fully saturated rings. The first kappa shape index (κ1) is 13.6. The van der Waals surface area contributed by atoms with Crippen molar-refractivity contribution in [1.29, 1.82) is 0 Å². The zero-order valence-electron chi connectivity index (χ0n) is 13.2. The van der Waals surface area contributed by atoms with Gasteiger partial charge in [-0.3, -0.25) is 4.79 Å². The lowest BCUT2D eigenvalue weighted by Gasteiger charge is -2.36. The third-order valence-corrected chi connectivity index (χ3v) is 5.63. The fourth-order valence-corrected chi connectivity index (χ4v) is 5.06. The summed E-state index contributed by atoms with van der Waals surface area (Å²) in [6.45, 7) is 4.13. The van der Waals surface area contributed by atoms with E-state index in [0.29, 0.717) is 5.88 Å². The summed E-state index contributed by atoms with van der Waals surface area (Å²) in [5.74, 6) is 1.05. The van der Waals surface area contributed by atoms with Gasteiger partial charge >= 0.3 is 5.97 Å². The van der Waals surface area contributed by atoms with Gasteiger partial charge in [0.25, 0.3) is 0 Å². The number of hydrogen-bond acceptors (Lipinski definition) is 4. The Bertz CT molecular complexity index is 749. The molecule has 3 aliphatic carbocycles. The minimum atomic E-state index is -0.688. The van der Waals surface area contributed by atoms with Crippen molar-refractivity contribution in [1.82, 2.24) is 4.98 Å². The monoisotopic (exact) mass is 297 g/mol. The van der Waals surface area contributed by atoms with E-state index in [0.717, 1.165) is 11.3 Å². The minimum absolute atomic E-state index is 0.130. The third-order valence-electron chi connectivity index (χ3n) is 5.63. The predicted octanol–water partition coefficient (Wildman–Crippen LogP) is 2.75. The smallest absolute Gasteiger partial charge is 0.321 e. The second-order valence-electron chi connectivity index (χ2n) is 6.27. The van der Waals surface area contributed by atoms with Crippen LogP contribution < -0.4 is 4.74 Å². The largest absolute Gasteiger partial charge is 0.481 e. The molecule has 4 atom stereocenters. The number of fused-ring (bicyclic) bond motifs is 2. The van der Waals surface area contributed by atoms with Crippen LogP contribution in [0.25, 0.3) is 0 Å². The molecule has 0 aliphatic heterocycles. The van der Waals surface area contributed by atoms with Crippen LogP contribution in [-0.4, -0.2) is 25.2 Å². The summed E-state index contributed by atoms with van der Waals surface area (Å²) in [7, 11) is 3.09. The van der Waals surface area contributed by atoms with Crippen molar-refractivity contribution in [2.75, 3.05) is 14.2 Å². The molecular formula is C18H19NO3. The molecule has 114 valence electrons. The number of carbonyl (C=O) groups is 1. The zero-order valence-corrected chi connectivity index (χ0v) is 13.2. The van der Waals surface area contributed by atoms with E-state index in [1.807, 2.05) is 19.1 Å². The van der Waals surface area contributed by atoms with Crippen molar-refractivity contribution in [3.05, 3.63) is 46.7 Å². The topological polar surface area (TPSA) is 48.4 Å². The molecule has 2 unspecified atom stereocenters. The van der Waals surface area contributed by atoms with Crippen molar-refractivity contribution < 1.29 is 14.3 Å². The Kier molecular flexibility index (Phi) is 2.60. The molecule has 4 heteroatoms. The van der Waals surface area contributed by atoms with Gasteiger partial charge in [0.15, 0.2) is 0 Å². The lowest BCUT2D eigenvalue weighted by molar-refractivity contribution is -0.146. The summed E-state index contributed by atoms with van der Waals surface area (Å²) < 4.78 is 10.5. The Morgan fingerprint density at radius 1 is 1.36 bits per heavy atom. The Morgan fingerprint density at radius 2 is 2.14 bits per heavy atom. The summed E-state index contributed by atoms with van der Waals surface area (Å²) in [5, 5.41) is 0. The number of methoxy groups -OCH3 is 2. The van der Waals surface area contributed by atoms with Crippen LogP contribution in [0, 0.1) is 11.8 Å². The van der Waals surface area contributed by atoms with Crippen LogP contribution in [0.2, 0.25) is 0 Å². The van der Waals surface area contributed by atoms with Crippen LogP contribution in [0.15, 0.2) is 35.4 Å². The van der Waals surface area contributed by atoms with Crippen LogP contribution in [0.4, 0.5) is 0 Å². The summed E-state index contributed by atoms with van der Waals surface area (Å²) in [6.07, 6.45) is 4.38. The van der Waals surface area contributed by atoms with Crippen LogP contribution in [0.3, 0.4) is 0 Å². The molecular weight excluding hydrogens is 278 g/mol. The fourth-order valence-electron chi connectivity index (χ4n) is 5.06. The Morgan fingerprint density at radius 3 is 2.77 bits per heavy atom. The highest BCUT2D eigenvalue weighted by atomic mass is 16.5. The maximum absolute atomic E-state index is 12.9. The summed E-state index contributed by atoms with van der Waals surface area (Å²) in [6, 6.07) is 3.83. The van der Waals surface area contributed by atoms with Crippen molar-refractivity contribution in [3.8, 4) is 5.88 Å². The van der Waals surface area contributed by atoms with Gasteiger partial charge in [-0.15, -0.1) is 0 Å². The van der Waals surface area contributed by atoms with Gasteiger partial charge in [0, 0.05) is 23.8 Å². The summed E-state index contributed by atoms with van der Waals surface area (Å²) in [5.41, 5.74) is 3.74. The molecule has 0 aromatic carbocycles. The Hall–Kier alpha value is -2.10. The summed E-state index contributed by atoms with van der Waals surface area (Å²) in [4.78, 5) is 17.5.